The molecule has 9 heteroatoms. The Labute approximate surface area is 174 Å². The lowest BCUT2D eigenvalue weighted by Gasteiger charge is -2.22. The highest BCUT2D eigenvalue weighted by Crippen LogP contribution is 2.33. The van der Waals surface area contributed by atoms with Gasteiger partial charge in [0.05, 0.1) is 21.7 Å². The van der Waals surface area contributed by atoms with E-state index in [2.05, 4.69) is 18.0 Å². The van der Waals surface area contributed by atoms with Gasteiger partial charge in [-0.1, -0.05) is 30.0 Å². The fraction of sp³-hybridized carbons (Fsp3) is 0.300. The summed E-state index contributed by atoms with van der Waals surface area (Å²) in [7, 11) is -3.79. The number of rotatable bonds is 5. The van der Waals surface area contributed by atoms with Gasteiger partial charge in [-0.25, -0.2) is 18.5 Å². The van der Waals surface area contributed by atoms with Crippen molar-refractivity contribution in [3.05, 3.63) is 48.0 Å². The predicted molar refractivity (Wildman–Crippen MR) is 115 cm³/mol. The lowest BCUT2D eigenvalue weighted by atomic mass is 10.1. The summed E-state index contributed by atoms with van der Waals surface area (Å²) in [5, 5.41) is 5.91. The van der Waals surface area contributed by atoms with Crippen LogP contribution >= 0.6 is 11.8 Å². The van der Waals surface area contributed by atoms with Gasteiger partial charge < -0.3 is 9.47 Å². The van der Waals surface area contributed by atoms with Gasteiger partial charge in [-0.15, -0.1) is 0 Å². The zero-order chi connectivity index (χ0) is 20.8. The summed E-state index contributed by atoms with van der Waals surface area (Å²) in [6.45, 7) is 4.70. The molecule has 2 aromatic carbocycles. The molecule has 0 spiro atoms. The zero-order valence-corrected chi connectivity index (χ0v) is 17.8. The quantitative estimate of drug-likeness (QED) is 0.628. The first kappa shape index (κ1) is 19.9. The molecule has 0 bridgehead atoms. The van der Waals surface area contributed by atoms with Crippen molar-refractivity contribution in [2.45, 2.75) is 42.9 Å². The third-order valence-electron chi connectivity index (χ3n) is 5.13. The minimum absolute atomic E-state index is 0.0286. The summed E-state index contributed by atoms with van der Waals surface area (Å²) < 4.78 is 25.2. The van der Waals surface area contributed by atoms with E-state index >= 15 is 0 Å². The predicted octanol–water partition coefficient (Wildman–Crippen LogP) is 2.77. The molecule has 1 atom stereocenters. The number of fused-ring (bicyclic) bond motifs is 2. The van der Waals surface area contributed by atoms with Crippen LogP contribution < -0.4 is 10.0 Å². The minimum atomic E-state index is -3.79. The Balaban J connectivity index is 1.59. The van der Waals surface area contributed by atoms with Crippen molar-refractivity contribution in [2.75, 3.05) is 10.7 Å². The van der Waals surface area contributed by atoms with Crippen LogP contribution in [-0.4, -0.2) is 35.7 Å². The molecule has 0 radical (unpaired) electrons. The summed E-state index contributed by atoms with van der Waals surface area (Å²) >= 11 is 1.36. The third-order valence-corrected chi connectivity index (χ3v) is 7.00. The molecule has 2 N–H and O–H groups in total. The van der Waals surface area contributed by atoms with Crippen molar-refractivity contribution >= 4 is 44.4 Å². The molecule has 0 saturated carbocycles. The average Bonchev–Trinajstić information content (AvgIpc) is 3.20. The second-order valence-corrected chi connectivity index (χ2v) is 9.57. The van der Waals surface area contributed by atoms with Gasteiger partial charge in [0.25, 0.3) is 0 Å². The molecule has 0 unspecified atom stereocenters. The molecule has 7 nitrogen and oxygen atoms in total. The average molecular weight is 431 g/mol. The molecule has 0 saturated heterocycles. The molecule has 1 amide bonds. The smallest absolute Gasteiger partial charge is 0.238 e. The van der Waals surface area contributed by atoms with E-state index in [1.54, 1.807) is 6.07 Å². The topological polar surface area (TPSA) is 98.3 Å². The SMILES string of the molecule is CCn1c(SCC(=O)N2c3ccccc3C[C@H]2C)nc2cc(S(N)(=O)=O)ccc21. The number of aryl methyl sites for hydroxylation is 1. The van der Waals surface area contributed by atoms with Gasteiger partial charge in [0.1, 0.15) is 0 Å². The van der Waals surface area contributed by atoms with Gasteiger partial charge in [0.2, 0.25) is 15.9 Å². The van der Waals surface area contributed by atoms with Crippen LogP contribution in [-0.2, 0) is 27.8 Å². The molecule has 4 rings (SSSR count). The van der Waals surface area contributed by atoms with Crippen molar-refractivity contribution in [2.24, 2.45) is 5.14 Å². The number of amides is 1. The maximum Gasteiger partial charge on any atom is 0.238 e. The van der Waals surface area contributed by atoms with E-state index in [1.807, 2.05) is 34.6 Å². The van der Waals surface area contributed by atoms with E-state index in [4.69, 9.17) is 5.14 Å². The van der Waals surface area contributed by atoms with Gasteiger partial charge in [-0.3, -0.25) is 4.79 Å². The Morgan fingerprint density at radius 3 is 2.76 bits per heavy atom. The van der Waals surface area contributed by atoms with E-state index < -0.39 is 10.0 Å². The largest absolute Gasteiger partial charge is 0.319 e. The number of thioether (sulfide) groups is 1. The normalized spacial score (nSPS) is 16.4. The molecule has 3 aromatic rings. The summed E-state index contributed by atoms with van der Waals surface area (Å²) in [6.07, 6.45) is 0.858. The number of hydrogen-bond acceptors (Lipinski definition) is 5. The number of primary sulfonamides is 1. The van der Waals surface area contributed by atoms with E-state index in [9.17, 15) is 13.2 Å². The lowest BCUT2D eigenvalue weighted by molar-refractivity contribution is -0.116. The summed E-state index contributed by atoms with van der Waals surface area (Å²) in [6, 6.07) is 12.8. The van der Waals surface area contributed by atoms with Crippen molar-refractivity contribution in [1.29, 1.82) is 0 Å². The number of hydrogen-bond donors (Lipinski definition) is 1. The van der Waals surface area contributed by atoms with E-state index in [1.165, 1.54) is 29.5 Å². The van der Waals surface area contributed by atoms with Gasteiger partial charge in [0, 0.05) is 18.3 Å². The lowest BCUT2D eigenvalue weighted by Crippen LogP contribution is -2.37. The van der Waals surface area contributed by atoms with Gasteiger partial charge in [0.15, 0.2) is 5.16 Å². The highest BCUT2D eigenvalue weighted by Gasteiger charge is 2.30. The zero-order valence-electron chi connectivity index (χ0n) is 16.2. The molecule has 1 aliphatic rings. The van der Waals surface area contributed by atoms with Crippen molar-refractivity contribution in [3.63, 3.8) is 0 Å². The number of benzene rings is 2. The van der Waals surface area contributed by atoms with Crippen LogP contribution in [0.4, 0.5) is 5.69 Å². The van der Waals surface area contributed by atoms with Crippen LogP contribution in [0.2, 0.25) is 0 Å². The van der Waals surface area contributed by atoms with Crippen LogP contribution in [0.25, 0.3) is 11.0 Å². The van der Waals surface area contributed by atoms with Crippen LogP contribution in [0, 0.1) is 0 Å². The fourth-order valence-corrected chi connectivity index (χ4v) is 5.29. The van der Waals surface area contributed by atoms with Crippen LogP contribution in [0.1, 0.15) is 19.4 Å². The van der Waals surface area contributed by atoms with Crippen molar-refractivity contribution in [1.82, 2.24) is 9.55 Å². The molecule has 152 valence electrons. The number of anilines is 1. The molecule has 2 heterocycles. The first-order chi connectivity index (χ1) is 13.8. The number of para-hydroxylation sites is 1. The first-order valence-corrected chi connectivity index (χ1v) is 11.9. The fourth-order valence-electron chi connectivity index (χ4n) is 3.82. The minimum Gasteiger partial charge on any atom is -0.319 e. The molecule has 29 heavy (non-hydrogen) atoms. The van der Waals surface area contributed by atoms with Crippen LogP contribution in [0.15, 0.2) is 52.5 Å². The van der Waals surface area contributed by atoms with Crippen molar-refractivity contribution in [3.8, 4) is 0 Å². The Kier molecular flexibility index (Phi) is 5.14. The Morgan fingerprint density at radius 1 is 1.28 bits per heavy atom. The number of carbonyl (C=O) groups excluding carboxylic acids is 1. The van der Waals surface area contributed by atoms with E-state index in [-0.39, 0.29) is 22.6 Å². The number of sulfonamides is 1. The van der Waals surface area contributed by atoms with Gasteiger partial charge in [-0.05, 0) is 50.1 Å². The number of imidazole rings is 1. The number of nitrogens with two attached hydrogens (primary N) is 1. The highest BCUT2D eigenvalue weighted by molar-refractivity contribution is 7.99. The number of aromatic nitrogens is 2. The number of carbonyl (C=O) groups is 1. The Hall–Kier alpha value is -2.36. The Morgan fingerprint density at radius 2 is 2.03 bits per heavy atom. The molecular formula is C20H22N4O3S2. The van der Waals surface area contributed by atoms with E-state index in [0.29, 0.717) is 17.2 Å². The molecule has 1 aliphatic heterocycles. The maximum absolute atomic E-state index is 13.0. The summed E-state index contributed by atoms with van der Waals surface area (Å²) in [4.78, 5) is 19.4. The van der Waals surface area contributed by atoms with Gasteiger partial charge >= 0.3 is 0 Å². The molecule has 0 aliphatic carbocycles. The maximum atomic E-state index is 13.0. The molecule has 1 aromatic heterocycles. The van der Waals surface area contributed by atoms with Crippen LogP contribution in [0.3, 0.4) is 0 Å². The van der Waals surface area contributed by atoms with Crippen LogP contribution in [0.5, 0.6) is 0 Å². The Bertz CT molecular complexity index is 1200. The molecule has 0 fully saturated rings. The van der Waals surface area contributed by atoms with Crippen molar-refractivity contribution < 1.29 is 13.2 Å². The second-order valence-electron chi connectivity index (χ2n) is 7.07. The third kappa shape index (κ3) is 3.65. The van der Waals surface area contributed by atoms with Gasteiger partial charge in [-0.2, -0.15) is 0 Å². The molecular weight excluding hydrogens is 408 g/mol. The first-order valence-electron chi connectivity index (χ1n) is 9.35. The van der Waals surface area contributed by atoms with E-state index in [0.717, 1.165) is 17.6 Å². The highest BCUT2D eigenvalue weighted by atomic mass is 32.2. The second kappa shape index (κ2) is 7.47. The monoisotopic (exact) mass is 430 g/mol. The standard InChI is InChI=1S/C20H22N4O3S2/c1-3-23-18-9-8-15(29(21,26)27)11-16(18)22-20(23)28-12-19(25)24-13(2)10-14-6-4-5-7-17(14)24/h4-9,11,13H,3,10,12H2,1-2H3,(H2,21,26,27)/t13-/m1/s1. The summed E-state index contributed by atoms with van der Waals surface area (Å²) in [5.41, 5.74) is 3.53. The summed E-state index contributed by atoms with van der Waals surface area (Å²) in [5.74, 6) is 0.289. The number of nitrogens with zero attached hydrogens (tertiary/aromatic N) is 3.